The van der Waals surface area contributed by atoms with E-state index in [1.165, 1.54) is 0 Å². The number of hydrogen-bond acceptors (Lipinski definition) is 6. The highest BCUT2D eigenvalue weighted by Gasteiger charge is 2.26. The predicted octanol–water partition coefficient (Wildman–Crippen LogP) is 3.84. The molecule has 1 fully saturated rings. The van der Waals surface area contributed by atoms with Crippen LogP contribution in [0.3, 0.4) is 0 Å². The Morgan fingerprint density at radius 1 is 0.861 bits per heavy atom. The van der Waals surface area contributed by atoms with Gasteiger partial charge in [0.1, 0.15) is 5.75 Å². The molecule has 8 nitrogen and oxygen atoms in total. The second-order valence-electron chi connectivity index (χ2n) is 8.87. The lowest BCUT2D eigenvalue weighted by molar-refractivity contribution is -0.130. The number of nitrogens with zero attached hydrogens (tertiary/aromatic N) is 6. The van der Waals surface area contributed by atoms with Crippen molar-refractivity contribution < 1.29 is 9.53 Å². The smallest absolute Gasteiger partial charge is 0.227 e. The molecule has 0 saturated carbocycles. The number of piperazine rings is 1. The van der Waals surface area contributed by atoms with Gasteiger partial charge in [0.15, 0.2) is 11.5 Å². The Bertz CT molecular complexity index is 1520. The van der Waals surface area contributed by atoms with E-state index in [1.54, 1.807) is 7.11 Å². The van der Waals surface area contributed by atoms with Crippen LogP contribution < -0.4 is 9.64 Å². The number of para-hydroxylation sites is 1. The van der Waals surface area contributed by atoms with E-state index < -0.39 is 0 Å². The topological polar surface area (TPSA) is 75.9 Å². The van der Waals surface area contributed by atoms with Crippen LogP contribution in [0.15, 0.2) is 78.9 Å². The highest BCUT2D eigenvalue weighted by atomic mass is 16.5. The Kier molecular flexibility index (Phi) is 5.69. The van der Waals surface area contributed by atoms with Gasteiger partial charge in [0, 0.05) is 37.1 Å². The fourth-order valence-corrected chi connectivity index (χ4v) is 4.74. The largest absolute Gasteiger partial charge is 0.497 e. The number of benzene rings is 3. The molecule has 0 N–H and O–H groups in total. The number of carbonyl (C=O) groups excluding carboxylic acids is 1. The van der Waals surface area contributed by atoms with Crippen molar-refractivity contribution in [2.45, 2.75) is 6.42 Å². The summed E-state index contributed by atoms with van der Waals surface area (Å²) in [6, 6.07) is 25.7. The Hall–Kier alpha value is -4.46. The predicted molar refractivity (Wildman–Crippen MR) is 139 cm³/mol. The number of fused-ring (bicyclic) bond motifs is 3. The van der Waals surface area contributed by atoms with E-state index in [1.807, 2.05) is 88.2 Å². The van der Waals surface area contributed by atoms with Gasteiger partial charge >= 0.3 is 0 Å². The number of aromatic nitrogens is 4. The normalized spacial score (nSPS) is 13.9. The SMILES string of the molecule is COc1ccc(-c2nnc3c4ccccc4nc(N4CCN(C(=O)Cc5ccccc5)CC4)n23)cc1. The molecule has 0 radical (unpaired) electrons. The molecule has 1 aliphatic heterocycles. The van der Waals surface area contributed by atoms with Crippen molar-refractivity contribution in [2.24, 2.45) is 0 Å². The van der Waals surface area contributed by atoms with Crippen LogP contribution in [0.4, 0.5) is 5.95 Å². The van der Waals surface area contributed by atoms with Crippen LogP contribution in [0, 0.1) is 0 Å². The van der Waals surface area contributed by atoms with Gasteiger partial charge in [0.05, 0.1) is 19.0 Å². The number of amides is 1. The third-order valence-electron chi connectivity index (χ3n) is 6.69. The second kappa shape index (κ2) is 9.30. The lowest BCUT2D eigenvalue weighted by atomic mass is 10.1. The summed E-state index contributed by atoms with van der Waals surface area (Å²) in [5.41, 5.74) is 3.61. The molecule has 1 saturated heterocycles. The van der Waals surface area contributed by atoms with Gasteiger partial charge in [-0.05, 0) is 42.0 Å². The van der Waals surface area contributed by atoms with Gasteiger partial charge in [-0.2, -0.15) is 0 Å². The zero-order valence-corrected chi connectivity index (χ0v) is 20.0. The van der Waals surface area contributed by atoms with E-state index in [2.05, 4.69) is 15.1 Å². The number of anilines is 1. The molecular weight excluding hydrogens is 452 g/mol. The summed E-state index contributed by atoms with van der Waals surface area (Å²) in [4.78, 5) is 22.1. The van der Waals surface area contributed by atoms with E-state index in [9.17, 15) is 4.79 Å². The quantitative estimate of drug-likeness (QED) is 0.382. The van der Waals surface area contributed by atoms with Crippen molar-refractivity contribution in [3.8, 4) is 17.1 Å². The molecule has 0 aliphatic carbocycles. The molecule has 3 aromatic carbocycles. The standard InChI is InChI=1S/C28H26N6O2/c1-36-22-13-11-21(12-14-22)26-30-31-27-23-9-5-6-10-24(23)29-28(34(26)27)33-17-15-32(16-18-33)25(35)19-20-7-3-2-4-8-20/h2-14H,15-19H2,1H3. The average molecular weight is 479 g/mol. The van der Waals surface area contributed by atoms with Crippen LogP contribution in [0.2, 0.25) is 0 Å². The first-order chi connectivity index (χ1) is 17.7. The zero-order chi connectivity index (χ0) is 24.5. The third kappa shape index (κ3) is 4.00. The van der Waals surface area contributed by atoms with Crippen LogP contribution in [-0.4, -0.2) is 63.7 Å². The van der Waals surface area contributed by atoms with Crippen molar-refractivity contribution in [3.05, 3.63) is 84.4 Å². The summed E-state index contributed by atoms with van der Waals surface area (Å²) in [5, 5.41) is 10.1. The van der Waals surface area contributed by atoms with E-state index >= 15 is 0 Å². The van der Waals surface area contributed by atoms with Gasteiger partial charge in [0.2, 0.25) is 11.9 Å². The summed E-state index contributed by atoms with van der Waals surface area (Å²) >= 11 is 0. The fraction of sp³-hybridized carbons (Fsp3) is 0.214. The van der Waals surface area contributed by atoms with Crippen molar-refractivity contribution in [1.82, 2.24) is 24.5 Å². The number of hydrogen-bond donors (Lipinski definition) is 0. The molecule has 180 valence electrons. The Morgan fingerprint density at radius 3 is 2.33 bits per heavy atom. The molecule has 0 unspecified atom stereocenters. The molecule has 3 heterocycles. The van der Waals surface area contributed by atoms with Crippen molar-refractivity contribution in [1.29, 1.82) is 0 Å². The van der Waals surface area contributed by atoms with E-state index in [4.69, 9.17) is 9.72 Å². The molecule has 6 rings (SSSR count). The van der Waals surface area contributed by atoms with Gasteiger partial charge in [0.25, 0.3) is 0 Å². The number of carbonyl (C=O) groups is 1. The Labute approximate surface area is 208 Å². The molecular formula is C28H26N6O2. The minimum Gasteiger partial charge on any atom is -0.497 e. The molecule has 8 heteroatoms. The fourth-order valence-electron chi connectivity index (χ4n) is 4.74. The molecule has 0 atom stereocenters. The van der Waals surface area contributed by atoms with E-state index in [0.717, 1.165) is 45.2 Å². The molecule has 1 aliphatic rings. The summed E-state index contributed by atoms with van der Waals surface area (Å²) in [6.45, 7) is 2.64. The molecule has 2 aromatic heterocycles. The van der Waals surface area contributed by atoms with Gasteiger partial charge < -0.3 is 14.5 Å². The second-order valence-corrected chi connectivity index (χ2v) is 8.87. The van der Waals surface area contributed by atoms with E-state index in [0.29, 0.717) is 32.6 Å². The van der Waals surface area contributed by atoms with Gasteiger partial charge in [-0.15, -0.1) is 10.2 Å². The molecule has 0 bridgehead atoms. The van der Waals surface area contributed by atoms with Crippen molar-refractivity contribution in [2.75, 3.05) is 38.2 Å². The highest BCUT2D eigenvalue weighted by Crippen LogP contribution is 2.29. The van der Waals surface area contributed by atoms with Gasteiger partial charge in [-0.25, -0.2) is 9.38 Å². The maximum atomic E-state index is 12.9. The van der Waals surface area contributed by atoms with Crippen molar-refractivity contribution in [3.63, 3.8) is 0 Å². The third-order valence-corrected chi connectivity index (χ3v) is 6.69. The monoisotopic (exact) mass is 478 g/mol. The molecule has 0 spiro atoms. The Morgan fingerprint density at radius 2 is 1.58 bits per heavy atom. The summed E-state index contributed by atoms with van der Waals surface area (Å²) in [5.74, 6) is 2.45. The van der Waals surface area contributed by atoms with E-state index in [-0.39, 0.29) is 5.91 Å². The minimum absolute atomic E-state index is 0.153. The zero-order valence-electron chi connectivity index (χ0n) is 20.0. The summed E-state index contributed by atoms with van der Waals surface area (Å²) in [6.07, 6.45) is 0.423. The minimum atomic E-state index is 0.153. The van der Waals surface area contributed by atoms with Gasteiger partial charge in [-0.3, -0.25) is 4.79 Å². The lowest BCUT2D eigenvalue weighted by Gasteiger charge is -2.35. The lowest BCUT2D eigenvalue weighted by Crippen LogP contribution is -2.50. The average Bonchev–Trinajstić information content (AvgIpc) is 3.39. The molecule has 1 amide bonds. The van der Waals surface area contributed by atoms with Crippen LogP contribution in [-0.2, 0) is 11.2 Å². The highest BCUT2D eigenvalue weighted by molar-refractivity contribution is 5.93. The number of rotatable bonds is 5. The molecule has 5 aromatic rings. The van der Waals surface area contributed by atoms with Crippen LogP contribution in [0.25, 0.3) is 27.9 Å². The number of ether oxygens (including phenoxy) is 1. The van der Waals surface area contributed by atoms with Crippen LogP contribution in [0.5, 0.6) is 5.75 Å². The maximum Gasteiger partial charge on any atom is 0.227 e. The van der Waals surface area contributed by atoms with Crippen LogP contribution >= 0.6 is 0 Å². The summed E-state index contributed by atoms with van der Waals surface area (Å²) in [7, 11) is 1.65. The van der Waals surface area contributed by atoms with Gasteiger partial charge in [-0.1, -0.05) is 42.5 Å². The first-order valence-electron chi connectivity index (χ1n) is 12.1. The van der Waals surface area contributed by atoms with Crippen LogP contribution in [0.1, 0.15) is 5.56 Å². The number of methoxy groups -OCH3 is 1. The molecule has 36 heavy (non-hydrogen) atoms. The van der Waals surface area contributed by atoms with Crippen molar-refractivity contribution >= 4 is 28.4 Å². The summed E-state index contributed by atoms with van der Waals surface area (Å²) < 4.78 is 7.36. The Balaban J connectivity index is 1.33. The first kappa shape index (κ1) is 22.0. The maximum absolute atomic E-state index is 12.9. The first-order valence-corrected chi connectivity index (χ1v) is 12.1.